The van der Waals surface area contributed by atoms with E-state index in [1.54, 1.807) is 51.1 Å². The molecule has 1 fully saturated rings. The second-order valence-corrected chi connectivity index (χ2v) is 11.8. The highest BCUT2D eigenvalue weighted by Gasteiger charge is 2.34. The number of alkyl halides is 3. The van der Waals surface area contributed by atoms with Crippen molar-refractivity contribution < 1.29 is 27.5 Å². The van der Waals surface area contributed by atoms with Gasteiger partial charge in [0.05, 0.1) is 23.7 Å². The van der Waals surface area contributed by atoms with E-state index in [2.05, 4.69) is 25.5 Å². The summed E-state index contributed by atoms with van der Waals surface area (Å²) in [5, 5.41) is 5.23. The lowest BCUT2D eigenvalue weighted by Gasteiger charge is -2.33. The minimum Gasteiger partial charge on any atom is -0.444 e. The number of rotatable bonds is 7. The molecule has 2 heterocycles. The van der Waals surface area contributed by atoms with Crippen LogP contribution in [-0.4, -0.2) is 70.6 Å². The average molecular weight is 611 g/mol. The van der Waals surface area contributed by atoms with Gasteiger partial charge in [0.15, 0.2) is 5.82 Å². The number of carbonyl (C=O) groups is 2. The van der Waals surface area contributed by atoms with Crippen molar-refractivity contribution in [2.45, 2.75) is 46.0 Å². The number of aryl methyl sites for hydroxylation is 1. The molecule has 3 aromatic rings. The molecule has 1 saturated heterocycles. The van der Waals surface area contributed by atoms with Gasteiger partial charge in [0.1, 0.15) is 5.60 Å². The summed E-state index contributed by atoms with van der Waals surface area (Å²) in [5.41, 5.74) is 1.24. The Balaban J connectivity index is 1.44. The van der Waals surface area contributed by atoms with E-state index in [0.29, 0.717) is 24.5 Å². The van der Waals surface area contributed by atoms with Gasteiger partial charge in [-0.25, -0.2) is 9.78 Å². The van der Waals surface area contributed by atoms with Crippen LogP contribution in [0.4, 0.5) is 29.5 Å². The summed E-state index contributed by atoms with van der Waals surface area (Å²) in [6.07, 6.45) is 1.15. The number of halogens is 3. The third kappa shape index (κ3) is 9.35. The number of nitrogens with one attached hydrogen (secondary N) is 2. The molecule has 234 valence electrons. The predicted octanol–water partition coefficient (Wildman–Crippen LogP) is 6.32. The van der Waals surface area contributed by atoms with Gasteiger partial charge in [0, 0.05) is 44.0 Å². The summed E-state index contributed by atoms with van der Waals surface area (Å²) >= 11 is 0. The third-order valence-corrected chi connectivity index (χ3v) is 6.94. The number of hydrogen-bond donors (Lipinski definition) is 2. The molecule has 0 saturated carbocycles. The van der Waals surface area contributed by atoms with E-state index >= 15 is 0 Å². The van der Waals surface area contributed by atoms with Crippen molar-refractivity contribution in [1.82, 2.24) is 19.8 Å². The van der Waals surface area contributed by atoms with Crippen molar-refractivity contribution >= 4 is 35.7 Å². The molecule has 4 rings (SSSR count). The van der Waals surface area contributed by atoms with E-state index in [9.17, 15) is 22.8 Å². The molecule has 9 nitrogen and oxygen atoms in total. The third-order valence-electron chi connectivity index (χ3n) is 6.94. The first kappa shape index (κ1) is 32.6. The van der Waals surface area contributed by atoms with Crippen LogP contribution in [0, 0.1) is 6.92 Å². The lowest BCUT2D eigenvalue weighted by molar-refractivity contribution is -0.138. The highest BCUT2D eigenvalue weighted by molar-refractivity contribution is 6.04. The molecule has 0 bridgehead atoms. The maximum Gasteiger partial charge on any atom is 0.416 e. The Morgan fingerprint density at radius 2 is 1.68 bits per heavy atom. The molecule has 0 aliphatic carbocycles. The van der Waals surface area contributed by atoms with Crippen LogP contribution in [0.2, 0.25) is 0 Å². The summed E-state index contributed by atoms with van der Waals surface area (Å²) in [7, 11) is 1.99. The molecule has 0 atom stereocenters. The van der Waals surface area contributed by atoms with E-state index in [4.69, 9.17) is 4.74 Å². The lowest BCUT2D eigenvalue weighted by atomic mass is 10.0. The molecule has 0 unspecified atom stereocenters. The Labute approximate surface area is 255 Å². The first-order chi connectivity index (χ1) is 20.7. The van der Waals surface area contributed by atoms with Gasteiger partial charge in [-0.2, -0.15) is 13.2 Å². The van der Waals surface area contributed by atoms with Gasteiger partial charge in [0.2, 0.25) is 0 Å². The molecular weight excluding hydrogens is 573 g/mol. The summed E-state index contributed by atoms with van der Waals surface area (Å²) in [5.74, 6) is -0.405. The summed E-state index contributed by atoms with van der Waals surface area (Å²) in [6.45, 7) is 10.3. The number of ether oxygens (including phenoxy) is 1. The quantitative estimate of drug-likeness (QED) is 0.323. The van der Waals surface area contributed by atoms with Crippen LogP contribution in [0.25, 0.3) is 12.2 Å². The van der Waals surface area contributed by atoms with Gasteiger partial charge in [-0.3, -0.25) is 20.0 Å². The maximum atomic E-state index is 14.0. The second-order valence-electron chi connectivity index (χ2n) is 11.8. The number of carbonyl (C=O) groups excluding carboxylic acids is 2. The molecule has 1 aromatic heterocycles. The molecule has 2 N–H and O–H groups in total. The number of nitrogens with zero attached hydrogens (tertiary/aromatic N) is 4. The fraction of sp³-hybridized carbons (Fsp3) is 0.375. The molecule has 0 radical (unpaired) electrons. The smallest absolute Gasteiger partial charge is 0.416 e. The molecule has 1 aliphatic heterocycles. The van der Waals surface area contributed by atoms with Crippen molar-refractivity contribution in [1.29, 1.82) is 0 Å². The van der Waals surface area contributed by atoms with Crippen LogP contribution in [0.5, 0.6) is 0 Å². The van der Waals surface area contributed by atoms with Crippen LogP contribution in [0.15, 0.2) is 48.8 Å². The number of aromatic nitrogens is 2. The standard InChI is InChI=1S/C32H37F3N6O3/c1-21-6-10-25(16-22(21)9-11-26-18-37-28(19-36-26)39-30(43)44-31(2,3)4)38-29(42)23-7-8-24(27(17-23)32(33,34)35)20-41-14-12-40(5)13-15-41/h6-11,16-19H,12-15,20H2,1-5H3,(H,38,42)(H,37,39,43)/b11-9+. The van der Waals surface area contributed by atoms with Crippen molar-refractivity contribution in [3.63, 3.8) is 0 Å². The Morgan fingerprint density at radius 3 is 2.32 bits per heavy atom. The average Bonchev–Trinajstić information content (AvgIpc) is 2.94. The first-order valence-corrected chi connectivity index (χ1v) is 14.2. The largest absolute Gasteiger partial charge is 0.444 e. The Hall–Kier alpha value is -4.29. The van der Waals surface area contributed by atoms with Gasteiger partial charge in [-0.15, -0.1) is 0 Å². The van der Waals surface area contributed by atoms with E-state index in [1.165, 1.54) is 24.5 Å². The topological polar surface area (TPSA) is 99.7 Å². The molecule has 12 heteroatoms. The Kier molecular flexibility index (Phi) is 10.1. The molecule has 1 aliphatic rings. The van der Waals surface area contributed by atoms with Crippen molar-refractivity contribution in [3.8, 4) is 0 Å². The molecule has 0 spiro atoms. The summed E-state index contributed by atoms with van der Waals surface area (Å²) in [4.78, 5) is 37.5. The number of benzene rings is 2. The fourth-order valence-electron chi connectivity index (χ4n) is 4.54. The molecule has 44 heavy (non-hydrogen) atoms. The predicted molar refractivity (Wildman–Crippen MR) is 164 cm³/mol. The number of anilines is 2. The van der Waals surface area contributed by atoms with Crippen LogP contribution in [0.1, 0.15) is 59.1 Å². The molecule has 2 aromatic carbocycles. The highest BCUT2D eigenvalue weighted by atomic mass is 19.4. The fourth-order valence-corrected chi connectivity index (χ4v) is 4.54. The zero-order valence-corrected chi connectivity index (χ0v) is 25.5. The second kappa shape index (κ2) is 13.6. The number of piperazine rings is 1. The van der Waals surface area contributed by atoms with Crippen LogP contribution < -0.4 is 10.6 Å². The lowest BCUT2D eigenvalue weighted by Crippen LogP contribution is -2.44. The summed E-state index contributed by atoms with van der Waals surface area (Å²) in [6, 6.07) is 8.97. The van der Waals surface area contributed by atoms with Crippen molar-refractivity contribution in [2.75, 3.05) is 43.9 Å². The number of hydrogen-bond acceptors (Lipinski definition) is 7. The van der Waals surface area contributed by atoms with Gasteiger partial charge in [-0.1, -0.05) is 18.2 Å². The monoisotopic (exact) mass is 610 g/mol. The summed E-state index contributed by atoms with van der Waals surface area (Å²) < 4.78 is 47.2. The van der Waals surface area contributed by atoms with Crippen molar-refractivity contribution in [2.24, 2.45) is 0 Å². The minimum absolute atomic E-state index is 0.0764. The van der Waals surface area contributed by atoms with Crippen molar-refractivity contribution in [3.05, 3.63) is 82.3 Å². The van der Waals surface area contributed by atoms with Gasteiger partial charge < -0.3 is 15.0 Å². The first-order valence-electron chi connectivity index (χ1n) is 14.2. The van der Waals surface area contributed by atoms with E-state index in [0.717, 1.165) is 30.3 Å². The molecular formula is C32H37F3N6O3. The van der Waals surface area contributed by atoms with Crippen LogP contribution in [-0.2, 0) is 17.5 Å². The Bertz CT molecular complexity index is 1510. The van der Waals surface area contributed by atoms with Gasteiger partial charge >= 0.3 is 12.3 Å². The SMILES string of the molecule is Cc1ccc(NC(=O)c2ccc(CN3CCN(C)CC3)c(C(F)(F)F)c2)cc1/C=C/c1cnc(NC(=O)OC(C)(C)C)cn1. The van der Waals surface area contributed by atoms with Gasteiger partial charge in [0.25, 0.3) is 5.91 Å². The zero-order valence-electron chi connectivity index (χ0n) is 25.5. The number of amides is 2. The van der Waals surface area contributed by atoms with E-state index in [1.807, 2.05) is 18.9 Å². The molecule has 2 amide bonds. The van der Waals surface area contributed by atoms with Gasteiger partial charge in [-0.05, 0) is 81.8 Å². The number of likely N-dealkylation sites (N-methyl/N-ethyl adjacent to an activating group) is 1. The van der Waals surface area contributed by atoms with E-state index < -0.39 is 29.3 Å². The van der Waals surface area contributed by atoms with E-state index in [-0.39, 0.29) is 23.5 Å². The normalized spacial score (nSPS) is 14.9. The minimum atomic E-state index is -4.59. The van der Waals surface area contributed by atoms with Crippen LogP contribution in [0.3, 0.4) is 0 Å². The highest BCUT2D eigenvalue weighted by Crippen LogP contribution is 2.34. The Morgan fingerprint density at radius 1 is 0.955 bits per heavy atom. The van der Waals surface area contributed by atoms with Crippen LogP contribution >= 0.6 is 0 Å². The maximum absolute atomic E-state index is 14.0. The zero-order chi connectivity index (χ0) is 32.1.